The van der Waals surface area contributed by atoms with E-state index in [4.69, 9.17) is 11.6 Å². The van der Waals surface area contributed by atoms with E-state index >= 15 is 0 Å². The van der Waals surface area contributed by atoms with Crippen LogP contribution in [0.5, 0.6) is 0 Å². The van der Waals surface area contributed by atoms with Crippen molar-refractivity contribution in [2.24, 2.45) is 5.92 Å². The summed E-state index contributed by atoms with van der Waals surface area (Å²) < 4.78 is 0. The van der Waals surface area contributed by atoms with E-state index in [1.807, 2.05) is 25.1 Å². The van der Waals surface area contributed by atoms with Crippen molar-refractivity contribution in [2.75, 3.05) is 6.54 Å². The van der Waals surface area contributed by atoms with Crippen molar-refractivity contribution in [3.63, 3.8) is 0 Å². The van der Waals surface area contributed by atoms with Crippen LogP contribution in [-0.2, 0) is 11.2 Å². The molecule has 1 N–H and O–H groups in total. The zero-order valence-corrected chi connectivity index (χ0v) is 12.9. The topological polar surface area (TPSA) is 29.1 Å². The second-order valence-electron chi connectivity index (χ2n) is 5.07. The van der Waals surface area contributed by atoms with Crippen LogP contribution >= 0.6 is 11.6 Å². The minimum absolute atomic E-state index is 0.128. The fourth-order valence-electron chi connectivity index (χ4n) is 1.97. The lowest BCUT2D eigenvalue weighted by atomic mass is 10.0. The van der Waals surface area contributed by atoms with Crippen molar-refractivity contribution >= 4 is 17.5 Å². The number of amides is 1. The third-order valence-electron chi connectivity index (χ3n) is 3.62. The SMILES string of the molecule is CCC(CC)CNC(=O)CCc1ccc(C)c(Cl)c1. The number of hydrogen-bond donors (Lipinski definition) is 1. The van der Waals surface area contributed by atoms with Crippen LogP contribution in [0.1, 0.15) is 44.2 Å². The summed E-state index contributed by atoms with van der Waals surface area (Å²) in [6.45, 7) is 7.10. The first-order chi connectivity index (χ1) is 9.06. The first kappa shape index (κ1) is 16.0. The van der Waals surface area contributed by atoms with Gasteiger partial charge >= 0.3 is 0 Å². The molecule has 0 unspecified atom stereocenters. The molecule has 0 aliphatic rings. The molecule has 0 fully saturated rings. The standard InChI is InChI=1S/C16H24ClNO/c1-4-13(5-2)11-18-16(19)9-8-14-7-6-12(3)15(17)10-14/h6-7,10,13H,4-5,8-9,11H2,1-3H3,(H,18,19). The number of halogens is 1. The van der Waals surface area contributed by atoms with Crippen LogP contribution in [0.4, 0.5) is 0 Å². The molecule has 0 atom stereocenters. The Bertz CT molecular complexity index is 413. The molecule has 1 aromatic rings. The Morgan fingerprint density at radius 3 is 2.58 bits per heavy atom. The Hall–Kier alpha value is -1.02. The summed E-state index contributed by atoms with van der Waals surface area (Å²) in [6.07, 6.45) is 3.50. The maximum absolute atomic E-state index is 11.8. The smallest absolute Gasteiger partial charge is 0.220 e. The predicted molar refractivity (Wildman–Crippen MR) is 81.6 cm³/mol. The van der Waals surface area contributed by atoms with E-state index in [0.29, 0.717) is 12.3 Å². The molecule has 0 aliphatic carbocycles. The molecule has 0 spiro atoms. The predicted octanol–water partition coefficient (Wildman–Crippen LogP) is 4.13. The Balaban J connectivity index is 2.35. The van der Waals surface area contributed by atoms with Gasteiger partial charge in [-0.2, -0.15) is 0 Å². The van der Waals surface area contributed by atoms with Crippen molar-refractivity contribution in [2.45, 2.75) is 46.5 Å². The van der Waals surface area contributed by atoms with Gasteiger partial charge in [0.15, 0.2) is 0 Å². The lowest BCUT2D eigenvalue weighted by Crippen LogP contribution is -2.29. The second-order valence-corrected chi connectivity index (χ2v) is 5.48. The van der Waals surface area contributed by atoms with Gasteiger partial charge in [0, 0.05) is 18.0 Å². The van der Waals surface area contributed by atoms with Gasteiger partial charge in [-0.05, 0) is 36.5 Å². The molecule has 0 radical (unpaired) electrons. The van der Waals surface area contributed by atoms with Crippen LogP contribution in [0.25, 0.3) is 0 Å². The number of rotatable bonds is 7. The monoisotopic (exact) mass is 281 g/mol. The average molecular weight is 282 g/mol. The average Bonchev–Trinajstić information content (AvgIpc) is 2.41. The zero-order valence-electron chi connectivity index (χ0n) is 12.1. The fraction of sp³-hybridized carbons (Fsp3) is 0.562. The van der Waals surface area contributed by atoms with Gasteiger partial charge in [-0.1, -0.05) is 50.4 Å². The Morgan fingerprint density at radius 2 is 2.00 bits per heavy atom. The van der Waals surface area contributed by atoms with E-state index in [2.05, 4.69) is 19.2 Å². The Labute approximate surface area is 121 Å². The third-order valence-corrected chi connectivity index (χ3v) is 4.03. The van der Waals surface area contributed by atoms with Crippen LogP contribution in [-0.4, -0.2) is 12.5 Å². The van der Waals surface area contributed by atoms with E-state index in [9.17, 15) is 4.79 Å². The molecular weight excluding hydrogens is 258 g/mol. The third kappa shape index (κ3) is 5.65. The first-order valence-corrected chi connectivity index (χ1v) is 7.46. The molecule has 2 nitrogen and oxygen atoms in total. The molecule has 1 aromatic carbocycles. The highest BCUT2D eigenvalue weighted by Gasteiger charge is 2.07. The summed E-state index contributed by atoms with van der Waals surface area (Å²) in [7, 11) is 0. The minimum atomic E-state index is 0.128. The highest BCUT2D eigenvalue weighted by atomic mass is 35.5. The fourth-order valence-corrected chi connectivity index (χ4v) is 2.18. The van der Waals surface area contributed by atoms with Gasteiger partial charge < -0.3 is 5.32 Å². The van der Waals surface area contributed by atoms with Crippen molar-refractivity contribution in [3.8, 4) is 0 Å². The summed E-state index contributed by atoms with van der Waals surface area (Å²) >= 11 is 6.07. The molecule has 3 heteroatoms. The lowest BCUT2D eigenvalue weighted by molar-refractivity contribution is -0.121. The molecule has 19 heavy (non-hydrogen) atoms. The normalized spacial score (nSPS) is 10.8. The highest BCUT2D eigenvalue weighted by molar-refractivity contribution is 6.31. The second kappa shape index (κ2) is 8.21. The van der Waals surface area contributed by atoms with E-state index < -0.39 is 0 Å². The van der Waals surface area contributed by atoms with Gasteiger partial charge in [0.2, 0.25) is 5.91 Å². The summed E-state index contributed by atoms with van der Waals surface area (Å²) in [5.41, 5.74) is 2.19. The van der Waals surface area contributed by atoms with E-state index in [0.717, 1.165) is 42.0 Å². The Kier molecular flexibility index (Phi) is 6.93. The first-order valence-electron chi connectivity index (χ1n) is 7.08. The zero-order chi connectivity index (χ0) is 14.3. The number of hydrogen-bond acceptors (Lipinski definition) is 1. The van der Waals surface area contributed by atoms with Crippen molar-refractivity contribution in [1.82, 2.24) is 5.32 Å². The van der Waals surface area contributed by atoms with E-state index in [1.165, 1.54) is 0 Å². The molecule has 0 aliphatic heterocycles. The largest absolute Gasteiger partial charge is 0.356 e. The van der Waals surface area contributed by atoms with Gasteiger partial charge in [-0.25, -0.2) is 0 Å². The summed E-state index contributed by atoms with van der Waals surface area (Å²) in [5.74, 6) is 0.723. The van der Waals surface area contributed by atoms with Gasteiger partial charge in [0.25, 0.3) is 0 Å². The van der Waals surface area contributed by atoms with Crippen molar-refractivity contribution in [3.05, 3.63) is 34.3 Å². The number of carbonyl (C=O) groups is 1. The molecule has 106 valence electrons. The molecule has 0 saturated heterocycles. The molecule has 0 bridgehead atoms. The summed E-state index contributed by atoms with van der Waals surface area (Å²) in [4.78, 5) is 11.8. The maximum Gasteiger partial charge on any atom is 0.220 e. The van der Waals surface area contributed by atoms with Crippen LogP contribution in [0.15, 0.2) is 18.2 Å². The Morgan fingerprint density at radius 1 is 1.32 bits per heavy atom. The molecule has 1 rings (SSSR count). The minimum Gasteiger partial charge on any atom is -0.356 e. The highest BCUT2D eigenvalue weighted by Crippen LogP contribution is 2.17. The van der Waals surface area contributed by atoms with Gasteiger partial charge in [0.05, 0.1) is 0 Å². The van der Waals surface area contributed by atoms with Crippen molar-refractivity contribution < 1.29 is 4.79 Å². The number of carbonyl (C=O) groups excluding carboxylic acids is 1. The molecule has 0 saturated carbocycles. The van der Waals surface area contributed by atoms with Gasteiger partial charge in [-0.3, -0.25) is 4.79 Å². The number of benzene rings is 1. The van der Waals surface area contributed by atoms with E-state index in [1.54, 1.807) is 0 Å². The molecule has 0 heterocycles. The molecular formula is C16H24ClNO. The maximum atomic E-state index is 11.8. The summed E-state index contributed by atoms with van der Waals surface area (Å²) in [6, 6.07) is 5.99. The van der Waals surface area contributed by atoms with Crippen LogP contribution in [0.2, 0.25) is 5.02 Å². The van der Waals surface area contributed by atoms with Gasteiger partial charge in [0.1, 0.15) is 0 Å². The van der Waals surface area contributed by atoms with Crippen LogP contribution < -0.4 is 5.32 Å². The lowest BCUT2D eigenvalue weighted by Gasteiger charge is -2.13. The number of nitrogens with one attached hydrogen (secondary N) is 1. The van der Waals surface area contributed by atoms with Crippen molar-refractivity contribution in [1.29, 1.82) is 0 Å². The number of aryl methyl sites for hydroxylation is 2. The quantitative estimate of drug-likeness (QED) is 0.800. The molecule has 1 amide bonds. The van der Waals surface area contributed by atoms with Gasteiger partial charge in [-0.15, -0.1) is 0 Å². The summed E-state index contributed by atoms with van der Waals surface area (Å²) in [5, 5.41) is 3.78. The molecule has 0 aromatic heterocycles. The van der Waals surface area contributed by atoms with E-state index in [-0.39, 0.29) is 5.91 Å². The van der Waals surface area contributed by atoms with Crippen LogP contribution in [0.3, 0.4) is 0 Å². The van der Waals surface area contributed by atoms with Crippen LogP contribution in [0, 0.1) is 12.8 Å².